The summed E-state index contributed by atoms with van der Waals surface area (Å²) in [5.41, 5.74) is 1.35. The second-order valence-electron chi connectivity index (χ2n) is 6.57. The van der Waals surface area contributed by atoms with E-state index in [2.05, 4.69) is 41.8 Å². The molecule has 3 rings (SSSR count). The monoisotopic (exact) mass is 288 g/mol. The number of nitrogens with one attached hydrogen (secondary N) is 2. The van der Waals surface area contributed by atoms with Gasteiger partial charge in [-0.25, -0.2) is 0 Å². The Morgan fingerprint density at radius 1 is 1.14 bits per heavy atom. The molecule has 2 N–H and O–H groups in total. The Kier molecular flexibility index (Phi) is 4.81. The van der Waals surface area contributed by atoms with E-state index in [1.165, 1.54) is 44.2 Å². The van der Waals surface area contributed by atoms with Gasteiger partial charge in [0, 0.05) is 18.1 Å². The van der Waals surface area contributed by atoms with E-state index in [1.54, 1.807) is 7.11 Å². The molecule has 0 amide bonds. The van der Waals surface area contributed by atoms with Crippen LogP contribution in [-0.2, 0) is 0 Å². The molecule has 0 bridgehead atoms. The van der Waals surface area contributed by atoms with Gasteiger partial charge >= 0.3 is 0 Å². The van der Waals surface area contributed by atoms with E-state index in [0.29, 0.717) is 12.1 Å². The topological polar surface area (TPSA) is 33.3 Å². The predicted octanol–water partition coefficient (Wildman–Crippen LogP) is 3.27. The van der Waals surface area contributed by atoms with E-state index in [-0.39, 0.29) is 0 Å². The van der Waals surface area contributed by atoms with Crippen molar-refractivity contribution in [1.82, 2.24) is 10.6 Å². The summed E-state index contributed by atoms with van der Waals surface area (Å²) >= 11 is 0. The van der Waals surface area contributed by atoms with Crippen LogP contribution in [0.3, 0.4) is 0 Å². The molecular formula is C18H28N2O. The third-order valence-electron chi connectivity index (χ3n) is 5.26. The van der Waals surface area contributed by atoms with Gasteiger partial charge in [-0.1, -0.05) is 18.6 Å². The summed E-state index contributed by atoms with van der Waals surface area (Å²) in [6.45, 7) is 3.49. The van der Waals surface area contributed by atoms with Crippen molar-refractivity contribution in [3.8, 4) is 5.75 Å². The molecular weight excluding hydrogens is 260 g/mol. The van der Waals surface area contributed by atoms with Crippen molar-refractivity contribution in [1.29, 1.82) is 0 Å². The van der Waals surface area contributed by atoms with Gasteiger partial charge in [0.15, 0.2) is 0 Å². The number of benzene rings is 1. The van der Waals surface area contributed by atoms with Gasteiger partial charge in [-0.15, -0.1) is 0 Å². The van der Waals surface area contributed by atoms with Gasteiger partial charge in [0.1, 0.15) is 5.75 Å². The van der Waals surface area contributed by atoms with E-state index < -0.39 is 0 Å². The van der Waals surface area contributed by atoms with Crippen LogP contribution in [0.1, 0.15) is 50.6 Å². The first kappa shape index (κ1) is 14.9. The Morgan fingerprint density at radius 2 is 1.95 bits per heavy atom. The average molecular weight is 288 g/mol. The Balaban J connectivity index is 1.61. The van der Waals surface area contributed by atoms with Crippen LogP contribution in [0, 0.1) is 5.92 Å². The third-order valence-corrected chi connectivity index (χ3v) is 5.26. The maximum atomic E-state index is 5.24. The van der Waals surface area contributed by atoms with Crippen LogP contribution in [-0.4, -0.2) is 25.7 Å². The molecule has 0 aromatic heterocycles. The van der Waals surface area contributed by atoms with Crippen molar-refractivity contribution >= 4 is 0 Å². The summed E-state index contributed by atoms with van der Waals surface area (Å²) in [6.07, 6.45) is 6.78. The lowest BCUT2D eigenvalue weighted by Gasteiger charge is -2.29. The van der Waals surface area contributed by atoms with Gasteiger partial charge in [0.2, 0.25) is 0 Å². The molecule has 2 aliphatic rings. The van der Waals surface area contributed by atoms with Gasteiger partial charge in [-0.2, -0.15) is 0 Å². The smallest absolute Gasteiger partial charge is 0.118 e. The number of hydrogen-bond acceptors (Lipinski definition) is 3. The van der Waals surface area contributed by atoms with Crippen molar-refractivity contribution < 1.29 is 4.74 Å². The molecule has 1 aromatic rings. The minimum atomic E-state index is 0.405. The highest BCUT2D eigenvalue weighted by Gasteiger charge is 2.35. The first-order valence-corrected chi connectivity index (χ1v) is 8.41. The van der Waals surface area contributed by atoms with Gasteiger partial charge < -0.3 is 15.4 Å². The highest BCUT2D eigenvalue weighted by molar-refractivity contribution is 5.28. The average Bonchev–Trinajstić information content (AvgIpc) is 3.18. The largest absolute Gasteiger partial charge is 0.497 e. The molecule has 1 aliphatic carbocycles. The van der Waals surface area contributed by atoms with Gasteiger partial charge in [-0.05, 0) is 62.8 Å². The normalized spacial score (nSPS) is 30.5. The van der Waals surface area contributed by atoms with Crippen molar-refractivity contribution in [2.75, 3.05) is 13.7 Å². The first-order valence-electron chi connectivity index (χ1n) is 8.41. The number of rotatable bonds is 5. The van der Waals surface area contributed by atoms with Gasteiger partial charge in [0.25, 0.3) is 0 Å². The summed E-state index contributed by atoms with van der Waals surface area (Å²) < 4.78 is 5.24. The first-order chi connectivity index (χ1) is 10.3. The molecule has 3 heteroatoms. The molecule has 1 saturated heterocycles. The van der Waals surface area contributed by atoms with E-state index in [1.807, 2.05) is 0 Å². The molecule has 0 radical (unpaired) electrons. The summed E-state index contributed by atoms with van der Waals surface area (Å²) in [4.78, 5) is 0. The fourth-order valence-corrected chi connectivity index (χ4v) is 4.06. The second kappa shape index (κ2) is 6.80. The van der Waals surface area contributed by atoms with Gasteiger partial charge in [-0.3, -0.25) is 0 Å². The van der Waals surface area contributed by atoms with Crippen LogP contribution >= 0.6 is 0 Å². The molecule has 1 heterocycles. The summed E-state index contributed by atoms with van der Waals surface area (Å²) in [5, 5.41) is 7.58. The minimum absolute atomic E-state index is 0.405. The lowest BCUT2D eigenvalue weighted by atomic mass is 9.92. The molecule has 4 atom stereocenters. The highest BCUT2D eigenvalue weighted by atomic mass is 16.5. The van der Waals surface area contributed by atoms with Crippen LogP contribution in [0.25, 0.3) is 0 Å². The number of hydrogen-bond donors (Lipinski definition) is 2. The molecule has 0 spiro atoms. The van der Waals surface area contributed by atoms with E-state index in [9.17, 15) is 0 Å². The zero-order valence-electron chi connectivity index (χ0n) is 13.3. The summed E-state index contributed by atoms with van der Waals surface area (Å²) in [6, 6.07) is 10.3. The second-order valence-corrected chi connectivity index (χ2v) is 6.57. The molecule has 116 valence electrons. The van der Waals surface area contributed by atoms with Gasteiger partial charge in [0.05, 0.1) is 7.11 Å². The molecule has 4 unspecified atom stereocenters. The Bertz CT molecular complexity index is 439. The SMILES string of the molecule is COc1ccc(C(C)NC2CCCC2C2CCCN2)cc1. The van der Waals surface area contributed by atoms with Crippen LogP contribution in [0.5, 0.6) is 5.75 Å². The van der Waals surface area contributed by atoms with Crippen molar-refractivity contribution in [2.24, 2.45) is 5.92 Å². The maximum absolute atomic E-state index is 5.24. The minimum Gasteiger partial charge on any atom is -0.497 e. The van der Waals surface area contributed by atoms with E-state index in [0.717, 1.165) is 17.7 Å². The van der Waals surface area contributed by atoms with Crippen LogP contribution in [0.2, 0.25) is 0 Å². The number of ether oxygens (including phenoxy) is 1. The molecule has 21 heavy (non-hydrogen) atoms. The molecule has 1 aromatic carbocycles. The maximum Gasteiger partial charge on any atom is 0.118 e. The molecule has 2 fully saturated rings. The quantitative estimate of drug-likeness (QED) is 0.872. The van der Waals surface area contributed by atoms with Crippen molar-refractivity contribution in [3.05, 3.63) is 29.8 Å². The molecule has 1 saturated carbocycles. The van der Waals surface area contributed by atoms with E-state index >= 15 is 0 Å². The van der Waals surface area contributed by atoms with Crippen LogP contribution in [0.4, 0.5) is 0 Å². The van der Waals surface area contributed by atoms with Crippen LogP contribution < -0.4 is 15.4 Å². The lowest BCUT2D eigenvalue weighted by molar-refractivity contribution is 0.303. The standard InChI is InChI=1S/C18H28N2O/c1-13(14-8-10-15(21-2)11-9-14)20-18-6-3-5-16(18)17-7-4-12-19-17/h8-11,13,16-20H,3-7,12H2,1-2H3. The lowest BCUT2D eigenvalue weighted by Crippen LogP contribution is -2.42. The fraction of sp³-hybridized carbons (Fsp3) is 0.667. The zero-order chi connectivity index (χ0) is 14.7. The van der Waals surface area contributed by atoms with Crippen LogP contribution in [0.15, 0.2) is 24.3 Å². The Hall–Kier alpha value is -1.06. The Labute approximate surface area is 128 Å². The highest BCUT2D eigenvalue weighted by Crippen LogP contribution is 2.33. The van der Waals surface area contributed by atoms with Crippen molar-refractivity contribution in [3.63, 3.8) is 0 Å². The molecule has 1 aliphatic heterocycles. The fourth-order valence-electron chi connectivity index (χ4n) is 4.06. The zero-order valence-corrected chi connectivity index (χ0v) is 13.3. The summed E-state index contributed by atoms with van der Waals surface area (Å²) in [5.74, 6) is 1.74. The summed E-state index contributed by atoms with van der Waals surface area (Å²) in [7, 11) is 1.72. The molecule has 3 nitrogen and oxygen atoms in total. The number of methoxy groups -OCH3 is 1. The third kappa shape index (κ3) is 3.41. The van der Waals surface area contributed by atoms with E-state index in [4.69, 9.17) is 4.74 Å². The van der Waals surface area contributed by atoms with Crippen molar-refractivity contribution in [2.45, 2.75) is 57.2 Å². The predicted molar refractivity (Wildman–Crippen MR) is 86.7 cm³/mol. The Morgan fingerprint density at radius 3 is 2.62 bits per heavy atom.